The van der Waals surface area contributed by atoms with E-state index in [1.165, 1.54) is 0 Å². The number of anilines is 2. The van der Waals surface area contributed by atoms with Gasteiger partial charge < -0.3 is 15.5 Å². The number of piperazine rings is 1. The van der Waals surface area contributed by atoms with Crippen LogP contribution in [0.4, 0.5) is 11.4 Å². The van der Waals surface area contributed by atoms with Crippen LogP contribution in [0.5, 0.6) is 0 Å². The Labute approximate surface area is 191 Å². The Bertz CT molecular complexity index is 1010. The Balaban J connectivity index is 1.91. The van der Waals surface area contributed by atoms with Gasteiger partial charge in [0, 0.05) is 38.3 Å². The second-order valence-electron chi connectivity index (χ2n) is 8.57. The molecular weight excluding hydrogens is 424 g/mol. The summed E-state index contributed by atoms with van der Waals surface area (Å²) in [6.07, 6.45) is 1.92. The molecule has 1 fully saturated rings. The van der Waals surface area contributed by atoms with Crippen molar-refractivity contribution in [2.45, 2.75) is 38.5 Å². The molecule has 1 amide bonds. The van der Waals surface area contributed by atoms with Gasteiger partial charge >= 0.3 is 0 Å². The van der Waals surface area contributed by atoms with E-state index in [-0.39, 0.29) is 10.8 Å². The second-order valence-corrected chi connectivity index (χ2v) is 10.3. The molecule has 7 nitrogen and oxygen atoms in total. The molecule has 0 aromatic heterocycles. The molecule has 1 saturated heterocycles. The summed E-state index contributed by atoms with van der Waals surface area (Å²) in [6.45, 7) is 9.87. The van der Waals surface area contributed by atoms with Crippen molar-refractivity contribution in [1.29, 1.82) is 0 Å². The number of rotatable bonds is 9. The van der Waals surface area contributed by atoms with Crippen LogP contribution in [0.2, 0.25) is 0 Å². The number of sulfonamides is 1. The van der Waals surface area contributed by atoms with E-state index in [1.54, 1.807) is 24.3 Å². The van der Waals surface area contributed by atoms with Crippen LogP contribution < -0.4 is 20.3 Å². The van der Waals surface area contributed by atoms with Crippen molar-refractivity contribution in [1.82, 2.24) is 10.6 Å². The maximum atomic E-state index is 13.2. The topological polar surface area (TPSA) is 90.5 Å². The highest BCUT2D eigenvalue weighted by Crippen LogP contribution is 2.30. The lowest BCUT2D eigenvalue weighted by atomic mass is 10.1. The minimum absolute atomic E-state index is 0.207. The first-order valence-corrected chi connectivity index (χ1v) is 12.8. The number of hydrogen-bond donors (Lipinski definition) is 3. The lowest BCUT2D eigenvalue weighted by Gasteiger charge is -2.31. The molecule has 0 bridgehead atoms. The third kappa shape index (κ3) is 6.23. The lowest BCUT2D eigenvalue weighted by Crippen LogP contribution is -2.43. The molecule has 0 atom stereocenters. The van der Waals surface area contributed by atoms with Crippen molar-refractivity contribution >= 4 is 27.3 Å². The number of benzene rings is 2. The third-order valence-corrected chi connectivity index (χ3v) is 6.79. The lowest BCUT2D eigenvalue weighted by molar-refractivity contribution is 0.0949. The average molecular weight is 459 g/mol. The van der Waals surface area contributed by atoms with E-state index in [2.05, 4.69) is 27.2 Å². The Morgan fingerprint density at radius 1 is 1.09 bits per heavy atom. The van der Waals surface area contributed by atoms with E-state index in [9.17, 15) is 13.2 Å². The normalized spacial score (nSPS) is 14.4. The molecule has 0 spiro atoms. The van der Waals surface area contributed by atoms with Crippen molar-refractivity contribution < 1.29 is 13.2 Å². The average Bonchev–Trinajstić information content (AvgIpc) is 2.78. The van der Waals surface area contributed by atoms with Gasteiger partial charge in [-0.25, -0.2) is 8.42 Å². The van der Waals surface area contributed by atoms with E-state index >= 15 is 0 Å². The minimum atomic E-state index is -3.80. The maximum Gasteiger partial charge on any atom is 0.261 e. The fourth-order valence-electron chi connectivity index (χ4n) is 3.67. The molecule has 0 radical (unpaired) electrons. The molecule has 1 aliphatic heterocycles. The predicted molar refractivity (Wildman–Crippen MR) is 130 cm³/mol. The van der Waals surface area contributed by atoms with Gasteiger partial charge in [0.05, 0.1) is 16.3 Å². The molecule has 3 N–H and O–H groups in total. The SMILES string of the molecule is CCCc1ccc(S(=O)(=O)Nc2cc(C(=O)NCC(C)C)ccc2N2CCNCC2)cc1. The summed E-state index contributed by atoms with van der Waals surface area (Å²) in [4.78, 5) is 15.0. The van der Waals surface area contributed by atoms with E-state index in [0.29, 0.717) is 23.7 Å². The number of hydrogen-bond acceptors (Lipinski definition) is 5. The zero-order valence-corrected chi connectivity index (χ0v) is 20.0. The first-order valence-electron chi connectivity index (χ1n) is 11.3. The predicted octanol–water partition coefficient (Wildman–Crippen LogP) is 3.24. The molecule has 2 aromatic carbocycles. The Morgan fingerprint density at radius 2 is 1.78 bits per heavy atom. The summed E-state index contributed by atoms with van der Waals surface area (Å²) >= 11 is 0. The minimum Gasteiger partial charge on any atom is -0.367 e. The number of carbonyl (C=O) groups excluding carboxylic acids is 1. The van der Waals surface area contributed by atoms with Gasteiger partial charge in [0.1, 0.15) is 0 Å². The summed E-state index contributed by atoms with van der Waals surface area (Å²) in [5.74, 6) is 0.114. The second kappa shape index (κ2) is 10.8. The summed E-state index contributed by atoms with van der Waals surface area (Å²) in [6, 6.07) is 12.2. The molecule has 32 heavy (non-hydrogen) atoms. The molecule has 1 heterocycles. The van der Waals surface area contributed by atoms with Crippen molar-refractivity contribution in [3.8, 4) is 0 Å². The van der Waals surface area contributed by atoms with Gasteiger partial charge in [-0.2, -0.15) is 0 Å². The Kier molecular flexibility index (Phi) is 8.15. The van der Waals surface area contributed by atoms with Crippen molar-refractivity contribution in [2.75, 3.05) is 42.3 Å². The van der Waals surface area contributed by atoms with Crippen molar-refractivity contribution in [3.63, 3.8) is 0 Å². The Morgan fingerprint density at radius 3 is 2.41 bits per heavy atom. The van der Waals surface area contributed by atoms with Crippen LogP contribution >= 0.6 is 0 Å². The van der Waals surface area contributed by atoms with Gasteiger partial charge in [-0.05, 0) is 48.2 Å². The highest BCUT2D eigenvalue weighted by atomic mass is 32.2. The van der Waals surface area contributed by atoms with E-state index in [0.717, 1.165) is 50.3 Å². The molecule has 0 saturated carbocycles. The zero-order chi connectivity index (χ0) is 23.1. The maximum absolute atomic E-state index is 13.2. The van der Waals surface area contributed by atoms with Crippen molar-refractivity contribution in [2.24, 2.45) is 5.92 Å². The number of nitrogens with one attached hydrogen (secondary N) is 3. The standard InChI is InChI=1S/C24H34N4O3S/c1-4-5-19-6-9-21(10-7-19)32(30,31)27-22-16-20(24(29)26-17-18(2)3)8-11-23(22)28-14-12-25-13-15-28/h6-11,16,18,25,27H,4-5,12-15,17H2,1-3H3,(H,26,29). The van der Waals surface area contributed by atoms with Gasteiger partial charge in [-0.15, -0.1) is 0 Å². The molecule has 0 aliphatic carbocycles. The highest BCUT2D eigenvalue weighted by Gasteiger charge is 2.21. The number of aryl methyl sites for hydroxylation is 1. The van der Waals surface area contributed by atoms with Crippen LogP contribution in [-0.4, -0.2) is 47.0 Å². The molecule has 1 aliphatic rings. The van der Waals surface area contributed by atoms with E-state index < -0.39 is 10.0 Å². The van der Waals surface area contributed by atoms with Gasteiger partial charge in [-0.1, -0.05) is 39.3 Å². The first-order chi connectivity index (χ1) is 15.3. The van der Waals surface area contributed by atoms with Crippen LogP contribution in [0.25, 0.3) is 0 Å². The largest absolute Gasteiger partial charge is 0.367 e. The van der Waals surface area contributed by atoms with Gasteiger partial charge in [0.25, 0.3) is 15.9 Å². The monoisotopic (exact) mass is 458 g/mol. The molecule has 0 unspecified atom stereocenters. The third-order valence-electron chi connectivity index (χ3n) is 5.40. The van der Waals surface area contributed by atoms with Crippen LogP contribution in [0.1, 0.15) is 43.1 Å². The van der Waals surface area contributed by atoms with E-state index in [1.807, 2.05) is 32.0 Å². The van der Waals surface area contributed by atoms with Crippen molar-refractivity contribution in [3.05, 3.63) is 53.6 Å². The number of nitrogens with zero attached hydrogens (tertiary/aromatic N) is 1. The summed E-state index contributed by atoms with van der Waals surface area (Å²) in [5.41, 5.74) is 2.73. The quantitative estimate of drug-likeness (QED) is 0.537. The summed E-state index contributed by atoms with van der Waals surface area (Å²) < 4.78 is 29.1. The van der Waals surface area contributed by atoms with Crippen LogP contribution in [-0.2, 0) is 16.4 Å². The first kappa shape index (κ1) is 24.1. The molecule has 3 rings (SSSR count). The Hall–Kier alpha value is -2.58. The summed E-state index contributed by atoms with van der Waals surface area (Å²) in [7, 11) is -3.80. The molecule has 2 aromatic rings. The fourth-order valence-corrected chi connectivity index (χ4v) is 4.73. The van der Waals surface area contributed by atoms with Gasteiger partial charge in [-0.3, -0.25) is 9.52 Å². The summed E-state index contributed by atoms with van der Waals surface area (Å²) in [5, 5.41) is 6.20. The van der Waals surface area contributed by atoms with E-state index in [4.69, 9.17) is 0 Å². The molecule has 174 valence electrons. The van der Waals surface area contributed by atoms with Crippen LogP contribution in [0, 0.1) is 5.92 Å². The van der Waals surface area contributed by atoms with Gasteiger partial charge in [0.15, 0.2) is 0 Å². The molecule has 8 heteroatoms. The van der Waals surface area contributed by atoms with Crippen LogP contribution in [0.15, 0.2) is 47.4 Å². The smallest absolute Gasteiger partial charge is 0.261 e. The highest BCUT2D eigenvalue weighted by molar-refractivity contribution is 7.92. The fraction of sp³-hybridized carbons (Fsp3) is 0.458. The number of amides is 1. The zero-order valence-electron chi connectivity index (χ0n) is 19.1. The van der Waals surface area contributed by atoms with Crippen LogP contribution in [0.3, 0.4) is 0 Å². The molecular formula is C24H34N4O3S. The number of carbonyl (C=O) groups is 1. The van der Waals surface area contributed by atoms with Gasteiger partial charge in [0.2, 0.25) is 0 Å².